The van der Waals surface area contributed by atoms with E-state index in [-0.39, 0.29) is 0 Å². The Hall–Kier alpha value is -1.09. The van der Waals surface area contributed by atoms with Crippen LogP contribution < -0.4 is 4.90 Å². The van der Waals surface area contributed by atoms with Crippen molar-refractivity contribution in [3.8, 4) is 0 Å². The fraction of sp³-hybridized carbons (Fsp3) is 0.737. The van der Waals surface area contributed by atoms with Crippen LogP contribution >= 0.6 is 0 Å². The Morgan fingerprint density at radius 1 is 1.14 bits per heavy atom. The molecule has 0 N–H and O–H groups in total. The molecule has 3 fully saturated rings. The smallest absolute Gasteiger partial charge is 0.131 e. The van der Waals surface area contributed by atoms with E-state index in [4.69, 9.17) is 4.98 Å². The summed E-state index contributed by atoms with van der Waals surface area (Å²) in [5.41, 5.74) is 2.58. The van der Waals surface area contributed by atoms with Crippen LogP contribution in [0.1, 0.15) is 43.7 Å². The first-order chi connectivity index (χ1) is 10.6. The quantitative estimate of drug-likeness (QED) is 0.834. The van der Waals surface area contributed by atoms with Crippen molar-refractivity contribution in [1.29, 1.82) is 0 Å². The Morgan fingerprint density at radius 2 is 2.00 bits per heavy atom. The van der Waals surface area contributed by atoms with E-state index in [0.717, 1.165) is 31.0 Å². The number of hydrogen-bond donors (Lipinski definition) is 0. The molecule has 0 amide bonds. The molecule has 22 heavy (non-hydrogen) atoms. The third-order valence-corrected chi connectivity index (χ3v) is 6.29. The van der Waals surface area contributed by atoms with Crippen LogP contribution in [0.5, 0.6) is 0 Å². The highest BCUT2D eigenvalue weighted by atomic mass is 15.3. The summed E-state index contributed by atoms with van der Waals surface area (Å²) in [6.45, 7) is 10.2. The number of nitrogens with zero attached hydrogens (tertiary/aromatic N) is 3. The number of piperazine rings is 1. The van der Waals surface area contributed by atoms with Crippen molar-refractivity contribution in [1.82, 2.24) is 9.88 Å². The molecule has 3 aliphatic rings. The van der Waals surface area contributed by atoms with E-state index in [1.807, 2.05) is 6.20 Å². The van der Waals surface area contributed by atoms with Gasteiger partial charge in [0.25, 0.3) is 0 Å². The molecule has 0 spiro atoms. The van der Waals surface area contributed by atoms with Crippen LogP contribution in [0.4, 0.5) is 5.82 Å². The number of aromatic nitrogens is 1. The zero-order chi connectivity index (χ0) is 15.3. The van der Waals surface area contributed by atoms with Gasteiger partial charge in [0.2, 0.25) is 0 Å². The van der Waals surface area contributed by atoms with Crippen LogP contribution in [0.25, 0.3) is 0 Å². The fourth-order valence-corrected chi connectivity index (χ4v) is 5.31. The van der Waals surface area contributed by atoms with Gasteiger partial charge in [0, 0.05) is 37.9 Å². The number of pyridine rings is 1. The molecule has 0 aromatic carbocycles. The molecular formula is C19H29N3. The molecule has 2 saturated carbocycles. The molecule has 3 heteroatoms. The van der Waals surface area contributed by atoms with Crippen LogP contribution in [0.3, 0.4) is 0 Å². The van der Waals surface area contributed by atoms with Gasteiger partial charge in [0.15, 0.2) is 0 Å². The predicted octanol–water partition coefficient (Wildman–Crippen LogP) is 3.40. The first-order valence-electron chi connectivity index (χ1n) is 9.05. The van der Waals surface area contributed by atoms with Gasteiger partial charge in [-0.15, -0.1) is 0 Å². The van der Waals surface area contributed by atoms with Crippen LogP contribution in [0, 0.1) is 25.7 Å². The van der Waals surface area contributed by atoms with Crippen molar-refractivity contribution in [2.24, 2.45) is 11.8 Å². The average Bonchev–Trinajstić information content (AvgIpc) is 3.10. The largest absolute Gasteiger partial charge is 0.354 e. The Morgan fingerprint density at radius 3 is 2.64 bits per heavy atom. The molecule has 1 aromatic heterocycles. The van der Waals surface area contributed by atoms with Gasteiger partial charge in [0.1, 0.15) is 5.82 Å². The van der Waals surface area contributed by atoms with Gasteiger partial charge in [-0.1, -0.05) is 12.5 Å². The summed E-state index contributed by atoms with van der Waals surface area (Å²) in [4.78, 5) is 10.0. The Bertz CT molecular complexity index is 556. The van der Waals surface area contributed by atoms with Crippen LogP contribution in [0.2, 0.25) is 0 Å². The predicted molar refractivity (Wildman–Crippen MR) is 91.3 cm³/mol. The molecule has 1 aliphatic heterocycles. The SMILES string of the molecule is Cc1cnc(N2CCN([C@H]3CC4CCC3C4)[C@@H](C)C2)c(C)c1. The fourth-order valence-electron chi connectivity index (χ4n) is 5.31. The second-order valence-corrected chi connectivity index (χ2v) is 7.93. The maximum atomic E-state index is 4.70. The zero-order valence-electron chi connectivity index (χ0n) is 14.3. The maximum absolute atomic E-state index is 4.70. The van der Waals surface area contributed by atoms with E-state index in [1.54, 1.807) is 0 Å². The second kappa shape index (κ2) is 5.52. The molecule has 1 aromatic rings. The number of anilines is 1. The average molecular weight is 299 g/mol. The highest BCUT2D eigenvalue weighted by Crippen LogP contribution is 2.47. The summed E-state index contributed by atoms with van der Waals surface area (Å²) in [6.07, 6.45) is 7.98. The lowest BCUT2D eigenvalue weighted by atomic mass is 9.92. The first-order valence-corrected chi connectivity index (χ1v) is 9.05. The van der Waals surface area contributed by atoms with Gasteiger partial charge < -0.3 is 4.90 Å². The van der Waals surface area contributed by atoms with Crippen LogP contribution in [-0.2, 0) is 0 Å². The second-order valence-electron chi connectivity index (χ2n) is 7.93. The molecule has 4 rings (SSSR count). The number of hydrogen-bond acceptors (Lipinski definition) is 3. The van der Waals surface area contributed by atoms with Gasteiger partial charge in [-0.25, -0.2) is 4.98 Å². The molecule has 120 valence electrons. The van der Waals surface area contributed by atoms with E-state index in [2.05, 4.69) is 36.6 Å². The van der Waals surface area contributed by atoms with E-state index in [1.165, 1.54) is 49.2 Å². The monoisotopic (exact) mass is 299 g/mol. The summed E-state index contributed by atoms with van der Waals surface area (Å²) >= 11 is 0. The number of aryl methyl sites for hydroxylation is 2. The minimum atomic E-state index is 0.653. The van der Waals surface area contributed by atoms with Gasteiger partial charge in [0.05, 0.1) is 0 Å². The van der Waals surface area contributed by atoms with Crippen molar-refractivity contribution in [3.05, 3.63) is 23.4 Å². The minimum Gasteiger partial charge on any atom is -0.354 e. The summed E-state index contributed by atoms with van der Waals surface area (Å²) in [7, 11) is 0. The highest BCUT2D eigenvalue weighted by Gasteiger charge is 2.44. The van der Waals surface area contributed by atoms with Crippen molar-refractivity contribution in [2.75, 3.05) is 24.5 Å². The van der Waals surface area contributed by atoms with Gasteiger partial charge in [-0.05, 0) is 63.0 Å². The summed E-state index contributed by atoms with van der Waals surface area (Å²) in [5.74, 6) is 3.24. The molecule has 2 aliphatic carbocycles. The van der Waals surface area contributed by atoms with Crippen LogP contribution in [0.15, 0.2) is 12.3 Å². The number of rotatable bonds is 2. The normalized spacial score (nSPS) is 35.3. The first kappa shape index (κ1) is 14.5. The van der Waals surface area contributed by atoms with Crippen LogP contribution in [-0.4, -0.2) is 41.6 Å². The lowest BCUT2D eigenvalue weighted by Crippen LogP contribution is -2.56. The molecule has 3 nitrogen and oxygen atoms in total. The Kier molecular flexibility index (Phi) is 3.64. The topological polar surface area (TPSA) is 19.4 Å². The molecule has 0 radical (unpaired) electrons. The Balaban J connectivity index is 1.46. The van der Waals surface area contributed by atoms with Gasteiger partial charge in [-0.2, -0.15) is 0 Å². The third kappa shape index (κ3) is 2.44. The molecule has 2 bridgehead atoms. The van der Waals surface area contributed by atoms with Crippen molar-refractivity contribution >= 4 is 5.82 Å². The summed E-state index contributed by atoms with van der Waals surface area (Å²) in [5, 5.41) is 0. The van der Waals surface area contributed by atoms with Gasteiger partial charge >= 0.3 is 0 Å². The Labute approximate surface area is 134 Å². The third-order valence-electron chi connectivity index (χ3n) is 6.29. The maximum Gasteiger partial charge on any atom is 0.131 e. The summed E-state index contributed by atoms with van der Waals surface area (Å²) in [6, 6.07) is 3.79. The van der Waals surface area contributed by atoms with E-state index >= 15 is 0 Å². The standard InChI is InChI=1S/C19H29N3/c1-13-8-14(2)19(20-11-13)21-6-7-22(15(3)12-21)18-10-16-4-5-17(18)9-16/h8,11,15-18H,4-7,9-10,12H2,1-3H3/t15-,16?,17?,18-/m0/s1. The lowest BCUT2D eigenvalue weighted by molar-refractivity contribution is 0.0899. The van der Waals surface area contributed by atoms with E-state index in [9.17, 15) is 0 Å². The lowest BCUT2D eigenvalue weighted by Gasteiger charge is -2.46. The van der Waals surface area contributed by atoms with Gasteiger partial charge in [-0.3, -0.25) is 4.90 Å². The summed E-state index contributed by atoms with van der Waals surface area (Å²) < 4.78 is 0. The molecule has 2 unspecified atom stereocenters. The zero-order valence-corrected chi connectivity index (χ0v) is 14.3. The molecule has 1 saturated heterocycles. The highest BCUT2D eigenvalue weighted by molar-refractivity contribution is 5.47. The van der Waals surface area contributed by atoms with Crippen molar-refractivity contribution in [3.63, 3.8) is 0 Å². The molecular weight excluding hydrogens is 270 g/mol. The molecule has 2 heterocycles. The van der Waals surface area contributed by atoms with Crippen molar-refractivity contribution in [2.45, 2.75) is 58.5 Å². The van der Waals surface area contributed by atoms with E-state index in [0.29, 0.717) is 6.04 Å². The van der Waals surface area contributed by atoms with E-state index < -0.39 is 0 Å². The minimum absolute atomic E-state index is 0.653. The number of fused-ring (bicyclic) bond motifs is 2. The molecule has 4 atom stereocenters. The van der Waals surface area contributed by atoms with Crippen molar-refractivity contribution < 1.29 is 0 Å².